The molecule has 2 aromatic carbocycles. The van der Waals surface area contributed by atoms with Crippen LogP contribution in [0, 0.1) is 13.8 Å². The van der Waals surface area contributed by atoms with Crippen LogP contribution in [-0.4, -0.2) is 30.4 Å². The van der Waals surface area contributed by atoms with Crippen LogP contribution >= 0.6 is 23.4 Å². The first-order chi connectivity index (χ1) is 13.1. The van der Waals surface area contributed by atoms with Gasteiger partial charge in [-0.25, -0.2) is 0 Å². The first-order valence-corrected chi connectivity index (χ1v) is 9.54. The van der Waals surface area contributed by atoms with Crippen molar-refractivity contribution in [2.75, 3.05) is 0 Å². The summed E-state index contributed by atoms with van der Waals surface area (Å²) in [5, 5.41) is 21.4. The van der Waals surface area contributed by atoms with Crippen molar-refractivity contribution < 1.29 is 4.42 Å². The summed E-state index contributed by atoms with van der Waals surface area (Å²) in [6.07, 6.45) is 0. The fourth-order valence-corrected chi connectivity index (χ4v) is 3.58. The fraction of sp³-hybridized carbons (Fsp3) is 0.167. The molecule has 0 aliphatic heterocycles. The zero-order valence-electron chi connectivity index (χ0n) is 14.6. The predicted octanol–water partition coefficient (Wildman–Crippen LogP) is 4.27. The Bertz CT molecular complexity index is 1090. The largest absolute Gasteiger partial charge is 0.420 e. The second kappa shape index (κ2) is 7.50. The zero-order chi connectivity index (χ0) is 18.8. The van der Waals surface area contributed by atoms with E-state index in [0.29, 0.717) is 33.3 Å². The van der Waals surface area contributed by atoms with E-state index in [0.717, 1.165) is 11.3 Å². The molecule has 7 nitrogen and oxygen atoms in total. The van der Waals surface area contributed by atoms with Crippen molar-refractivity contribution in [2.24, 2.45) is 0 Å². The monoisotopic (exact) mass is 398 g/mol. The van der Waals surface area contributed by atoms with Gasteiger partial charge in [0.25, 0.3) is 0 Å². The number of aryl methyl sites for hydroxylation is 2. The third-order valence-electron chi connectivity index (χ3n) is 3.92. The third-order valence-corrected chi connectivity index (χ3v) is 5.15. The minimum absolute atomic E-state index is 0.394. The van der Waals surface area contributed by atoms with E-state index in [4.69, 9.17) is 16.0 Å². The lowest BCUT2D eigenvalue weighted by Crippen LogP contribution is -2.02. The number of rotatable bonds is 5. The molecule has 0 saturated carbocycles. The van der Waals surface area contributed by atoms with Gasteiger partial charge in [0, 0.05) is 0 Å². The molecule has 0 unspecified atom stereocenters. The summed E-state index contributed by atoms with van der Waals surface area (Å²) in [6.45, 7) is 4.09. The molecule has 0 saturated heterocycles. The van der Waals surface area contributed by atoms with Crippen molar-refractivity contribution in [2.45, 2.75) is 24.8 Å². The van der Waals surface area contributed by atoms with Gasteiger partial charge >= 0.3 is 0 Å². The number of benzene rings is 2. The second-order valence-electron chi connectivity index (χ2n) is 5.93. The van der Waals surface area contributed by atoms with Gasteiger partial charge in [0.1, 0.15) is 0 Å². The molecule has 0 N–H and O–H groups in total. The Balaban J connectivity index is 1.52. The van der Waals surface area contributed by atoms with Crippen LogP contribution in [-0.2, 0) is 5.75 Å². The van der Waals surface area contributed by atoms with Gasteiger partial charge in [0.2, 0.25) is 16.9 Å². The van der Waals surface area contributed by atoms with Gasteiger partial charge in [-0.15, -0.1) is 15.3 Å². The van der Waals surface area contributed by atoms with Gasteiger partial charge in [0.05, 0.1) is 22.0 Å². The lowest BCUT2D eigenvalue weighted by molar-refractivity contribution is 0.528. The van der Waals surface area contributed by atoms with E-state index >= 15 is 0 Å². The van der Waals surface area contributed by atoms with Crippen LogP contribution in [0.3, 0.4) is 0 Å². The van der Waals surface area contributed by atoms with Crippen molar-refractivity contribution in [3.8, 4) is 17.1 Å². The first-order valence-electron chi connectivity index (χ1n) is 8.18. The summed E-state index contributed by atoms with van der Waals surface area (Å²) in [5.74, 6) is 1.32. The van der Waals surface area contributed by atoms with Gasteiger partial charge in [-0.1, -0.05) is 53.2 Å². The molecule has 0 aliphatic rings. The van der Waals surface area contributed by atoms with Crippen LogP contribution in [0.5, 0.6) is 0 Å². The number of nitrogens with zero attached hydrogens (tertiary/aromatic N) is 6. The maximum atomic E-state index is 6.18. The van der Waals surface area contributed by atoms with E-state index < -0.39 is 0 Å². The van der Waals surface area contributed by atoms with E-state index in [1.54, 1.807) is 10.7 Å². The van der Waals surface area contributed by atoms with Crippen LogP contribution in [0.2, 0.25) is 5.02 Å². The number of tetrazole rings is 1. The number of hydrogen-bond donors (Lipinski definition) is 0. The summed E-state index contributed by atoms with van der Waals surface area (Å²) in [5.41, 5.74) is 3.94. The second-order valence-corrected chi connectivity index (χ2v) is 7.28. The molecule has 0 fully saturated rings. The molecule has 0 radical (unpaired) electrons. The molecule has 2 heterocycles. The van der Waals surface area contributed by atoms with Gasteiger partial charge in [0.15, 0.2) is 0 Å². The highest BCUT2D eigenvalue weighted by Crippen LogP contribution is 2.28. The molecule has 4 aromatic rings. The summed E-state index contributed by atoms with van der Waals surface area (Å²) in [6, 6.07) is 13.5. The van der Waals surface area contributed by atoms with Crippen LogP contribution in [0.1, 0.15) is 17.0 Å². The van der Waals surface area contributed by atoms with Gasteiger partial charge in [-0.3, -0.25) is 0 Å². The summed E-state index contributed by atoms with van der Waals surface area (Å²) >= 11 is 7.60. The molecule has 0 bridgehead atoms. The van der Waals surface area contributed by atoms with Crippen molar-refractivity contribution >= 4 is 23.4 Å². The Morgan fingerprint density at radius 1 is 1.07 bits per heavy atom. The standard InChI is InChI=1S/C18H15ClN6OS/c1-11-7-8-15(12(2)9-11)25-18(22-23-24-25)27-10-16-20-21-17(26-16)13-5-3-4-6-14(13)19/h3-9H,10H2,1-2H3. The van der Waals surface area contributed by atoms with Crippen molar-refractivity contribution in [3.05, 3.63) is 64.5 Å². The third kappa shape index (κ3) is 3.72. The fourth-order valence-electron chi connectivity index (χ4n) is 2.64. The predicted molar refractivity (Wildman–Crippen MR) is 103 cm³/mol. The number of aromatic nitrogens is 6. The topological polar surface area (TPSA) is 82.5 Å². The number of hydrogen-bond acceptors (Lipinski definition) is 7. The maximum absolute atomic E-state index is 6.18. The minimum atomic E-state index is 0.394. The van der Waals surface area contributed by atoms with Crippen LogP contribution in [0.15, 0.2) is 52.0 Å². The minimum Gasteiger partial charge on any atom is -0.420 e. The molecule has 0 atom stereocenters. The van der Waals surface area contributed by atoms with Gasteiger partial charge < -0.3 is 4.42 Å². The van der Waals surface area contributed by atoms with Gasteiger partial charge in [-0.2, -0.15) is 4.68 Å². The maximum Gasteiger partial charge on any atom is 0.249 e. The Morgan fingerprint density at radius 2 is 1.93 bits per heavy atom. The average Bonchev–Trinajstić information content (AvgIpc) is 3.30. The van der Waals surface area contributed by atoms with Crippen LogP contribution in [0.25, 0.3) is 17.1 Å². The average molecular weight is 399 g/mol. The Labute approximate surface area is 164 Å². The van der Waals surface area contributed by atoms with E-state index in [-0.39, 0.29) is 0 Å². The lowest BCUT2D eigenvalue weighted by Gasteiger charge is -2.07. The van der Waals surface area contributed by atoms with Gasteiger partial charge in [-0.05, 0) is 48.0 Å². The SMILES string of the molecule is Cc1ccc(-n2nnnc2SCc2nnc(-c3ccccc3Cl)o2)c(C)c1. The molecule has 9 heteroatoms. The van der Waals surface area contributed by atoms with Crippen LogP contribution in [0.4, 0.5) is 0 Å². The zero-order valence-corrected chi connectivity index (χ0v) is 16.2. The normalized spacial score (nSPS) is 11.1. The smallest absolute Gasteiger partial charge is 0.249 e. The molecule has 27 heavy (non-hydrogen) atoms. The molecule has 0 aliphatic carbocycles. The van der Waals surface area contributed by atoms with E-state index in [1.165, 1.54) is 17.3 Å². The van der Waals surface area contributed by atoms with Crippen molar-refractivity contribution in [1.29, 1.82) is 0 Å². The van der Waals surface area contributed by atoms with E-state index in [9.17, 15) is 0 Å². The number of thioether (sulfide) groups is 1. The van der Waals surface area contributed by atoms with Crippen molar-refractivity contribution in [1.82, 2.24) is 30.4 Å². The molecule has 2 aromatic heterocycles. The summed E-state index contributed by atoms with van der Waals surface area (Å²) < 4.78 is 7.44. The molecular weight excluding hydrogens is 384 g/mol. The van der Waals surface area contributed by atoms with E-state index in [1.807, 2.05) is 37.3 Å². The summed E-state index contributed by atoms with van der Waals surface area (Å²) in [7, 11) is 0. The molecule has 4 rings (SSSR count). The Kier molecular flexibility index (Phi) is 4.91. The summed E-state index contributed by atoms with van der Waals surface area (Å²) in [4.78, 5) is 0. The lowest BCUT2D eigenvalue weighted by atomic mass is 10.1. The van der Waals surface area contributed by atoms with Crippen LogP contribution < -0.4 is 0 Å². The molecule has 136 valence electrons. The highest BCUT2D eigenvalue weighted by molar-refractivity contribution is 7.98. The Hall–Kier alpha value is -2.71. The van der Waals surface area contributed by atoms with E-state index in [2.05, 4.69) is 38.7 Å². The number of halogens is 1. The first kappa shape index (κ1) is 17.7. The molecule has 0 amide bonds. The quantitative estimate of drug-likeness (QED) is 0.464. The molecule has 0 spiro atoms. The highest BCUT2D eigenvalue weighted by atomic mass is 35.5. The van der Waals surface area contributed by atoms with Crippen molar-refractivity contribution in [3.63, 3.8) is 0 Å². The molecular formula is C18H15ClN6OS. The Morgan fingerprint density at radius 3 is 2.74 bits per heavy atom. The highest BCUT2D eigenvalue weighted by Gasteiger charge is 2.15.